The molecule has 0 aliphatic carbocycles. The molecular formula is C11H11ClO5. The standard InChI is InChI=1S/C11H11ClO5/c12-9-4-2-1-3-8(9)7-17-10(13)5-6-16-11(14)15/h1-4H,5-7H2,(H,14,15). The van der Waals surface area contributed by atoms with Crippen molar-refractivity contribution in [2.45, 2.75) is 13.0 Å². The number of carbonyl (C=O) groups excluding carboxylic acids is 1. The fraction of sp³-hybridized carbons (Fsp3) is 0.273. The van der Waals surface area contributed by atoms with Gasteiger partial charge in [-0.1, -0.05) is 29.8 Å². The van der Waals surface area contributed by atoms with Crippen molar-refractivity contribution < 1.29 is 24.2 Å². The second kappa shape index (κ2) is 6.75. The van der Waals surface area contributed by atoms with Gasteiger partial charge in [-0.25, -0.2) is 4.79 Å². The molecule has 1 aromatic carbocycles. The predicted molar refractivity (Wildman–Crippen MR) is 59.8 cm³/mol. The van der Waals surface area contributed by atoms with Crippen LogP contribution in [-0.2, 0) is 20.9 Å². The Labute approximate surface area is 103 Å². The summed E-state index contributed by atoms with van der Waals surface area (Å²) >= 11 is 5.86. The smallest absolute Gasteiger partial charge is 0.461 e. The predicted octanol–water partition coefficient (Wildman–Crippen LogP) is 2.47. The van der Waals surface area contributed by atoms with E-state index in [0.29, 0.717) is 10.6 Å². The van der Waals surface area contributed by atoms with Crippen LogP contribution in [0.5, 0.6) is 0 Å². The lowest BCUT2D eigenvalue weighted by Gasteiger charge is -2.06. The zero-order valence-corrected chi connectivity index (χ0v) is 9.64. The van der Waals surface area contributed by atoms with E-state index in [2.05, 4.69) is 4.74 Å². The second-order valence-electron chi connectivity index (χ2n) is 3.12. The number of carboxylic acid groups (broad SMARTS) is 1. The molecule has 92 valence electrons. The molecule has 0 bridgehead atoms. The summed E-state index contributed by atoms with van der Waals surface area (Å²) in [6, 6.07) is 6.98. The Hall–Kier alpha value is -1.75. The van der Waals surface area contributed by atoms with Crippen molar-refractivity contribution in [1.29, 1.82) is 0 Å². The SMILES string of the molecule is O=C(O)OCCC(=O)OCc1ccccc1Cl. The van der Waals surface area contributed by atoms with Crippen LogP contribution in [-0.4, -0.2) is 23.8 Å². The van der Waals surface area contributed by atoms with Crippen molar-refractivity contribution in [2.75, 3.05) is 6.61 Å². The summed E-state index contributed by atoms with van der Waals surface area (Å²) in [6.45, 7) is -0.151. The van der Waals surface area contributed by atoms with Crippen molar-refractivity contribution >= 4 is 23.7 Å². The summed E-state index contributed by atoms with van der Waals surface area (Å²) < 4.78 is 9.07. The summed E-state index contributed by atoms with van der Waals surface area (Å²) in [4.78, 5) is 21.2. The number of carbonyl (C=O) groups is 2. The minimum absolute atomic E-state index is 0.0611. The van der Waals surface area contributed by atoms with Gasteiger partial charge in [0.05, 0.1) is 6.42 Å². The highest BCUT2D eigenvalue weighted by Crippen LogP contribution is 2.15. The van der Waals surface area contributed by atoms with Crippen molar-refractivity contribution in [2.24, 2.45) is 0 Å². The molecule has 1 rings (SSSR count). The van der Waals surface area contributed by atoms with E-state index >= 15 is 0 Å². The summed E-state index contributed by atoms with van der Waals surface area (Å²) in [5, 5.41) is 8.69. The average molecular weight is 259 g/mol. The molecule has 1 N–H and O–H groups in total. The van der Waals surface area contributed by atoms with E-state index in [0.717, 1.165) is 0 Å². The average Bonchev–Trinajstić information content (AvgIpc) is 2.27. The molecule has 0 unspecified atom stereocenters. The Morgan fingerprint density at radius 1 is 1.24 bits per heavy atom. The third-order valence-corrected chi connectivity index (χ3v) is 2.25. The van der Waals surface area contributed by atoms with Gasteiger partial charge >= 0.3 is 12.1 Å². The maximum absolute atomic E-state index is 11.2. The Bertz CT molecular complexity index is 405. The third kappa shape index (κ3) is 5.21. The van der Waals surface area contributed by atoms with E-state index < -0.39 is 12.1 Å². The van der Waals surface area contributed by atoms with E-state index in [1.54, 1.807) is 24.3 Å². The number of hydrogen-bond acceptors (Lipinski definition) is 4. The molecule has 0 atom stereocenters. The highest BCUT2D eigenvalue weighted by atomic mass is 35.5. The van der Waals surface area contributed by atoms with Crippen LogP contribution in [0.4, 0.5) is 4.79 Å². The topological polar surface area (TPSA) is 72.8 Å². The van der Waals surface area contributed by atoms with E-state index in [1.165, 1.54) is 0 Å². The molecule has 0 fully saturated rings. The molecule has 0 aliphatic rings. The van der Waals surface area contributed by atoms with Gasteiger partial charge in [-0.05, 0) is 6.07 Å². The van der Waals surface area contributed by atoms with Crippen LogP contribution in [0, 0.1) is 0 Å². The number of halogens is 1. The summed E-state index contributed by atoms with van der Waals surface area (Å²) in [5.74, 6) is -0.536. The molecule has 0 amide bonds. The van der Waals surface area contributed by atoms with Gasteiger partial charge in [-0.2, -0.15) is 0 Å². The van der Waals surface area contributed by atoms with Crippen LogP contribution < -0.4 is 0 Å². The normalized spacial score (nSPS) is 9.71. The minimum Gasteiger partial charge on any atom is -0.461 e. The number of rotatable bonds is 5. The first-order chi connectivity index (χ1) is 8.09. The molecule has 0 spiro atoms. The van der Waals surface area contributed by atoms with Gasteiger partial charge in [-0.3, -0.25) is 4.79 Å². The highest BCUT2D eigenvalue weighted by molar-refractivity contribution is 6.31. The summed E-state index contributed by atoms with van der Waals surface area (Å²) in [6.07, 6.45) is -1.53. The molecule has 0 aliphatic heterocycles. The molecule has 0 saturated carbocycles. The molecular weight excluding hydrogens is 248 g/mol. The molecule has 0 heterocycles. The van der Waals surface area contributed by atoms with Gasteiger partial charge in [-0.15, -0.1) is 0 Å². The van der Waals surface area contributed by atoms with Gasteiger partial charge in [0.1, 0.15) is 13.2 Å². The zero-order chi connectivity index (χ0) is 12.7. The fourth-order valence-electron chi connectivity index (χ4n) is 1.07. The third-order valence-electron chi connectivity index (χ3n) is 1.88. The maximum Gasteiger partial charge on any atom is 0.505 e. The van der Waals surface area contributed by atoms with Crippen LogP contribution in [0.25, 0.3) is 0 Å². The Balaban J connectivity index is 2.29. The van der Waals surface area contributed by atoms with Crippen molar-refractivity contribution in [1.82, 2.24) is 0 Å². The quantitative estimate of drug-likeness (QED) is 0.822. The van der Waals surface area contributed by atoms with Gasteiger partial charge in [0, 0.05) is 10.6 Å². The van der Waals surface area contributed by atoms with Gasteiger partial charge in [0.2, 0.25) is 0 Å². The summed E-state index contributed by atoms with van der Waals surface area (Å²) in [5.41, 5.74) is 0.696. The van der Waals surface area contributed by atoms with Gasteiger partial charge < -0.3 is 14.6 Å². The van der Waals surface area contributed by atoms with Crippen LogP contribution in [0.3, 0.4) is 0 Å². The van der Waals surface area contributed by atoms with Crippen molar-refractivity contribution in [3.63, 3.8) is 0 Å². The molecule has 0 aromatic heterocycles. The lowest BCUT2D eigenvalue weighted by Crippen LogP contribution is -2.10. The number of ether oxygens (including phenoxy) is 2. The van der Waals surface area contributed by atoms with Gasteiger partial charge in [0.15, 0.2) is 0 Å². The van der Waals surface area contributed by atoms with Crippen LogP contribution in [0.15, 0.2) is 24.3 Å². The molecule has 0 saturated heterocycles. The van der Waals surface area contributed by atoms with E-state index in [9.17, 15) is 9.59 Å². The number of benzene rings is 1. The molecule has 0 radical (unpaired) electrons. The number of hydrogen-bond donors (Lipinski definition) is 1. The second-order valence-corrected chi connectivity index (χ2v) is 3.52. The first-order valence-corrected chi connectivity index (χ1v) is 5.22. The van der Waals surface area contributed by atoms with E-state index in [1.807, 2.05) is 0 Å². The zero-order valence-electron chi connectivity index (χ0n) is 8.89. The summed E-state index contributed by atoms with van der Waals surface area (Å²) in [7, 11) is 0. The van der Waals surface area contributed by atoms with E-state index in [4.69, 9.17) is 21.4 Å². The molecule has 17 heavy (non-hydrogen) atoms. The fourth-order valence-corrected chi connectivity index (χ4v) is 1.26. The first-order valence-electron chi connectivity index (χ1n) is 4.84. The van der Waals surface area contributed by atoms with Crippen molar-refractivity contribution in [3.8, 4) is 0 Å². The lowest BCUT2D eigenvalue weighted by molar-refractivity contribution is -0.145. The Morgan fingerprint density at radius 2 is 1.94 bits per heavy atom. The Morgan fingerprint density at radius 3 is 2.59 bits per heavy atom. The molecule has 1 aromatic rings. The lowest BCUT2D eigenvalue weighted by atomic mass is 10.2. The molecule has 5 nitrogen and oxygen atoms in total. The van der Waals surface area contributed by atoms with Crippen molar-refractivity contribution in [3.05, 3.63) is 34.9 Å². The Kier molecular flexibility index (Phi) is 5.29. The monoisotopic (exact) mass is 258 g/mol. The van der Waals surface area contributed by atoms with Crippen LogP contribution in [0.1, 0.15) is 12.0 Å². The maximum atomic E-state index is 11.2. The number of esters is 1. The highest BCUT2D eigenvalue weighted by Gasteiger charge is 2.06. The van der Waals surface area contributed by atoms with Gasteiger partial charge in [0.25, 0.3) is 0 Å². The largest absolute Gasteiger partial charge is 0.505 e. The van der Waals surface area contributed by atoms with E-state index in [-0.39, 0.29) is 19.6 Å². The minimum atomic E-state index is -1.41. The first kappa shape index (κ1) is 13.3. The molecule has 6 heteroatoms. The van der Waals surface area contributed by atoms with Crippen LogP contribution in [0.2, 0.25) is 5.02 Å². The van der Waals surface area contributed by atoms with Crippen LogP contribution >= 0.6 is 11.6 Å².